The number of benzene rings is 1. The van der Waals surface area contributed by atoms with Gasteiger partial charge in [0.1, 0.15) is 42.0 Å². The van der Waals surface area contributed by atoms with Gasteiger partial charge in [-0.05, 0) is 116 Å². The second-order valence-corrected chi connectivity index (χ2v) is 21.9. The van der Waals surface area contributed by atoms with Gasteiger partial charge in [0.25, 0.3) is 0 Å². The molecular formula is C56H95N13O14. The number of carbonyl (C=O) groups excluding carboxylic acids is 11. The first-order valence-corrected chi connectivity index (χ1v) is 28.9. The van der Waals surface area contributed by atoms with Crippen molar-refractivity contribution in [3.05, 3.63) is 35.9 Å². The Hall–Kier alpha value is -6.33. The van der Waals surface area contributed by atoms with Crippen LogP contribution in [0.1, 0.15) is 124 Å². The average Bonchev–Trinajstić information content (AvgIpc) is 3.51. The molecule has 2 rings (SSSR count). The van der Waals surface area contributed by atoms with E-state index < -0.39 is 163 Å². The van der Waals surface area contributed by atoms with Crippen LogP contribution in [0.3, 0.4) is 0 Å². The SMILES string of the molecule is CC(C)CCCCC(=O)C[C@@H](CCN)C(=O)N[C@H](C(=O)C[C@@H](CCN)C(=O)N[C@H]1CCNC(=O)[C@H]([C@@H](C)O)NC(=O)[C@H](CCN)NC(=O)[C@H](CCN)NC(=O)[C@H]([C@@H](C)O)NC(=O)[C@H](Cc2ccccc2)CC(=O)[C@H](CCN)NC1=O)[C@@H](C)O. The summed E-state index contributed by atoms with van der Waals surface area (Å²) in [5, 5.41) is 52.5. The molecule has 8 amide bonds. The number of aliphatic hydroxyl groups excluding tert-OH is 3. The van der Waals surface area contributed by atoms with Gasteiger partial charge in [0.05, 0.1) is 24.4 Å². The Bertz CT molecular complexity index is 2270. The normalized spacial score (nSPS) is 23.3. The zero-order chi connectivity index (χ0) is 62.3. The second kappa shape index (κ2) is 38.5. The van der Waals surface area contributed by atoms with E-state index in [1.54, 1.807) is 30.3 Å². The third kappa shape index (κ3) is 26.0. The molecule has 27 heteroatoms. The van der Waals surface area contributed by atoms with E-state index in [1.807, 2.05) is 0 Å². The molecule has 0 aromatic heterocycles. The van der Waals surface area contributed by atoms with Gasteiger partial charge in [0, 0.05) is 50.0 Å². The molecule has 1 aromatic carbocycles. The Morgan fingerprint density at radius 2 is 1.11 bits per heavy atom. The number of rotatable bonds is 29. The molecule has 0 radical (unpaired) electrons. The van der Waals surface area contributed by atoms with E-state index in [9.17, 15) is 68.1 Å². The minimum atomic E-state index is -1.72. The standard InChI is InChI=1S/C56H95N13O14/c1-31(2)11-9-10-14-39(73)28-36(15-21-57)50(77)67-46(32(3)70)45(75)29-37(16-22-58)49(76)64-43-20-26-62-55(82)47(33(4)71)69-54(81)42(19-25-61)65-52(79)41(18-24-60)66-56(83)48(34(5)72)68-51(78)38(27-35-12-7-6-8-13-35)30-44(74)40(17-23-59)63-53(43)80/h6-8,12-13,31-34,36-38,40-43,46-48,70-72H,9-11,14-30,57-61H2,1-5H3,(H,62,82)(H,63,80)(H,64,76)(H,65,79)(H,66,83)(H,67,77)(H,68,78)(H,69,81)/t32-,33-,34-,36-,37-,38-,40+,41+,42+,43+,46+,47+,48+/m1/s1. The molecule has 468 valence electrons. The largest absolute Gasteiger partial charge is 0.391 e. The second-order valence-electron chi connectivity index (χ2n) is 21.9. The smallest absolute Gasteiger partial charge is 0.245 e. The van der Waals surface area contributed by atoms with E-state index in [-0.39, 0.29) is 89.9 Å². The lowest BCUT2D eigenvalue weighted by Gasteiger charge is -2.28. The molecule has 1 aliphatic rings. The summed E-state index contributed by atoms with van der Waals surface area (Å²) in [5.74, 6) is -12.1. The topological polar surface area (TPSA) is 475 Å². The number of aliphatic hydroxyl groups is 3. The number of hydrogen-bond acceptors (Lipinski definition) is 19. The fraction of sp³-hybridized carbons (Fsp3) is 0.696. The molecule has 0 saturated carbocycles. The first-order valence-electron chi connectivity index (χ1n) is 28.9. The maximum atomic E-state index is 14.5. The van der Waals surface area contributed by atoms with E-state index in [1.165, 1.54) is 20.8 Å². The molecular weight excluding hydrogens is 1080 g/mol. The summed E-state index contributed by atoms with van der Waals surface area (Å²) in [5.41, 5.74) is 29.9. The summed E-state index contributed by atoms with van der Waals surface area (Å²) in [6.45, 7) is 6.75. The molecule has 13 atom stereocenters. The van der Waals surface area contributed by atoms with Crippen LogP contribution in [0.2, 0.25) is 0 Å². The van der Waals surface area contributed by atoms with Gasteiger partial charge in [-0.1, -0.05) is 57.0 Å². The van der Waals surface area contributed by atoms with Crippen LogP contribution in [0.15, 0.2) is 30.3 Å². The zero-order valence-corrected chi connectivity index (χ0v) is 48.8. The highest BCUT2D eigenvalue weighted by Gasteiger charge is 2.38. The number of carbonyl (C=O) groups is 11. The van der Waals surface area contributed by atoms with Crippen molar-refractivity contribution in [2.24, 2.45) is 52.3 Å². The number of nitrogens with one attached hydrogen (secondary N) is 8. The number of Topliss-reactive ketones (excluding diaryl/α,β-unsaturated/α-hetero) is 3. The summed E-state index contributed by atoms with van der Waals surface area (Å²) >= 11 is 0. The van der Waals surface area contributed by atoms with Gasteiger partial charge >= 0.3 is 0 Å². The minimum absolute atomic E-state index is 0.0491. The number of amides is 8. The van der Waals surface area contributed by atoms with Crippen molar-refractivity contribution in [3.63, 3.8) is 0 Å². The van der Waals surface area contributed by atoms with Crippen molar-refractivity contribution < 1.29 is 68.1 Å². The van der Waals surface area contributed by atoms with Crippen LogP contribution in [-0.4, -0.2) is 180 Å². The van der Waals surface area contributed by atoms with Crippen LogP contribution in [-0.2, 0) is 59.2 Å². The van der Waals surface area contributed by atoms with Gasteiger partial charge in [-0.25, -0.2) is 0 Å². The van der Waals surface area contributed by atoms with E-state index >= 15 is 0 Å². The average molecular weight is 1170 g/mol. The fourth-order valence-corrected chi connectivity index (χ4v) is 9.46. The minimum Gasteiger partial charge on any atom is -0.391 e. The Balaban J connectivity index is 2.67. The molecule has 0 bridgehead atoms. The third-order valence-corrected chi connectivity index (χ3v) is 14.3. The molecule has 0 aliphatic carbocycles. The summed E-state index contributed by atoms with van der Waals surface area (Å²) in [7, 11) is 0. The number of hydrogen-bond donors (Lipinski definition) is 16. The van der Waals surface area contributed by atoms with Crippen molar-refractivity contribution in [3.8, 4) is 0 Å². The maximum Gasteiger partial charge on any atom is 0.245 e. The van der Waals surface area contributed by atoms with Crippen molar-refractivity contribution in [1.82, 2.24) is 42.5 Å². The van der Waals surface area contributed by atoms with Crippen molar-refractivity contribution in [2.45, 2.75) is 185 Å². The highest BCUT2D eigenvalue weighted by Crippen LogP contribution is 2.20. The summed E-state index contributed by atoms with van der Waals surface area (Å²) in [6.07, 6.45) is -4.46. The molecule has 1 aliphatic heterocycles. The van der Waals surface area contributed by atoms with Crippen molar-refractivity contribution in [1.29, 1.82) is 0 Å². The first kappa shape index (κ1) is 72.8. The summed E-state index contributed by atoms with van der Waals surface area (Å²) < 4.78 is 0. The van der Waals surface area contributed by atoms with Crippen molar-refractivity contribution >= 4 is 64.6 Å². The highest BCUT2D eigenvalue weighted by molar-refractivity contribution is 5.99. The zero-order valence-electron chi connectivity index (χ0n) is 48.8. The summed E-state index contributed by atoms with van der Waals surface area (Å²) in [4.78, 5) is 153. The van der Waals surface area contributed by atoms with Gasteiger partial charge in [-0.15, -0.1) is 0 Å². The van der Waals surface area contributed by atoms with Crippen LogP contribution >= 0.6 is 0 Å². The quantitative estimate of drug-likeness (QED) is 0.0340. The van der Waals surface area contributed by atoms with Gasteiger partial charge in [-0.2, -0.15) is 0 Å². The molecule has 0 spiro atoms. The Morgan fingerprint density at radius 1 is 0.590 bits per heavy atom. The van der Waals surface area contributed by atoms with E-state index in [2.05, 4.69) is 56.4 Å². The predicted octanol–water partition coefficient (Wildman–Crippen LogP) is -4.03. The molecule has 1 saturated heterocycles. The van der Waals surface area contributed by atoms with Crippen LogP contribution in [0.4, 0.5) is 0 Å². The van der Waals surface area contributed by atoms with Gasteiger partial charge < -0.3 is 86.5 Å². The maximum absolute atomic E-state index is 14.5. The van der Waals surface area contributed by atoms with Crippen LogP contribution in [0, 0.1) is 23.7 Å². The Morgan fingerprint density at radius 3 is 1.65 bits per heavy atom. The number of unbranched alkanes of at least 4 members (excludes halogenated alkanes) is 1. The van der Waals surface area contributed by atoms with E-state index in [0.717, 1.165) is 12.8 Å². The molecule has 0 unspecified atom stereocenters. The predicted molar refractivity (Wildman–Crippen MR) is 307 cm³/mol. The molecule has 21 N–H and O–H groups in total. The van der Waals surface area contributed by atoms with Crippen LogP contribution in [0.5, 0.6) is 0 Å². The lowest BCUT2D eigenvalue weighted by Crippen LogP contribution is -2.61. The lowest BCUT2D eigenvalue weighted by atomic mass is 9.90. The third-order valence-electron chi connectivity index (χ3n) is 14.3. The highest BCUT2D eigenvalue weighted by atomic mass is 16.3. The molecule has 27 nitrogen and oxygen atoms in total. The Labute approximate surface area is 486 Å². The monoisotopic (exact) mass is 1170 g/mol. The van der Waals surface area contributed by atoms with Crippen LogP contribution in [0.25, 0.3) is 0 Å². The van der Waals surface area contributed by atoms with Gasteiger partial charge in [0.2, 0.25) is 47.3 Å². The number of nitrogens with two attached hydrogens (primary N) is 5. The van der Waals surface area contributed by atoms with Gasteiger partial charge in [-0.3, -0.25) is 52.7 Å². The van der Waals surface area contributed by atoms with Crippen molar-refractivity contribution in [2.75, 3.05) is 39.3 Å². The molecule has 1 fully saturated rings. The molecule has 1 aromatic rings. The first-order chi connectivity index (χ1) is 39.3. The van der Waals surface area contributed by atoms with Crippen LogP contribution < -0.4 is 71.2 Å². The van der Waals surface area contributed by atoms with E-state index in [4.69, 9.17) is 28.7 Å². The lowest BCUT2D eigenvalue weighted by molar-refractivity contribution is -0.137. The number of ketones is 3. The molecule has 1 heterocycles. The van der Waals surface area contributed by atoms with Gasteiger partial charge in [0.15, 0.2) is 11.6 Å². The Kier molecular flexibility index (Phi) is 33.8. The summed E-state index contributed by atoms with van der Waals surface area (Å²) in [6, 6.07) is -2.41. The molecule has 83 heavy (non-hydrogen) atoms. The van der Waals surface area contributed by atoms with E-state index in [0.29, 0.717) is 17.9 Å². The fourth-order valence-electron chi connectivity index (χ4n) is 9.46.